The van der Waals surface area contributed by atoms with Crippen molar-refractivity contribution < 1.29 is 13.9 Å². The fourth-order valence-electron chi connectivity index (χ4n) is 4.20. The number of imidazole rings is 1. The fourth-order valence-corrected chi connectivity index (χ4v) is 4.20. The summed E-state index contributed by atoms with van der Waals surface area (Å²) in [6.45, 7) is 2.59. The number of rotatable bonds is 7. The van der Waals surface area contributed by atoms with E-state index >= 15 is 0 Å². The first-order valence-corrected chi connectivity index (χ1v) is 11.6. The summed E-state index contributed by atoms with van der Waals surface area (Å²) >= 11 is 0. The molecular weight excluding hydrogens is 449 g/mol. The Morgan fingerprint density at radius 3 is 2.54 bits per heavy atom. The molecule has 0 radical (unpaired) electrons. The van der Waals surface area contributed by atoms with Gasteiger partial charge in [-0.1, -0.05) is 24.3 Å². The van der Waals surface area contributed by atoms with E-state index in [0.717, 1.165) is 31.1 Å². The Bertz CT molecular complexity index is 1320. The summed E-state index contributed by atoms with van der Waals surface area (Å²) in [6, 6.07) is 9.94. The third-order valence-corrected chi connectivity index (χ3v) is 5.87. The summed E-state index contributed by atoms with van der Waals surface area (Å²) in [5.41, 5.74) is 10.0. The zero-order valence-electron chi connectivity index (χ0n) is 19.8. The van der Waals surface area contributed by atoms with E-state index in [0.29, 0.717) is 42.3 Å². The van der Waals surface area contributed by atoms with Crippen LogP contribution in [0.15, 0.2) is 42.7 Å². The molecule has 5 rings (SSSR count). The topological polar surface area (TPSA) is 104 Å². The average molecular weight is 478 g/mol. The van der Waals surface area contributed by atoms with E-state index in [-0.39, 0.29) is 17.9 Å². The first-order chi connectivity index (χ1) is 17.0. The summed E-state index contributed by atoms with van der Waals surface area (Å²) in [5, 5.41) is 0. The normalized spacial score (nSPS) is 14.6. The number of hydrogen-bond donors (Lipinski definition) is 1. The van der Waals surface area contributed by atoms with Crippen LogP contribution in [-0.4, -0.2) is 62.8 Å². The van der Waals surface area contributed by atoms with Crippen LogP contribution < -0.4 is 10.5 Å². The highest BCUT2D eigenvalue weighted by Crippen LogP contribution is 2.29. The Morgan fingerprint density at radius 2 is 1.83 bits per heavy atom. The molecule has 1 aliphatic heterocycles. The molecule has 4 heterocycles. The van der Waals surface area contributed by atoms with Crippen molar-refractivity contribution in [2.75, 3.05) is 33.0 Å². The molecule has 0 saturated carbocycles. The van der Waals surface area contributed by atoms with Gasteiger partial charge in [-0.25, -0.2) is 9.37 Å². The first kappa shape index (κ1) is 23.1. The number of halogens is 1. The van der Waals surface area contributed by atoms with E-state index in [1.807, 2.05) is 18.7 Å². The molecule has 1 fully saturated rings. The van der Waals surface area contributed by atoms with Crippen molar-refractivity contribution in [1.82, 2.24) is 29.4 Å². The number of benzene rings is 1. The second-order valence-corrected chi connectivity index (χ2v) is 8.96. The third-order valence-electron chi connectivity index (χ3n) is 5.87. The Kier molecular flexibility index (Phi) is 6.56. The summed E-state index contributed by atoms with van der Waals surface area (Å²) in [6.07, 6.45) is 4.23. The molecular formula is C25H28FN7O2. The lowest BCUT2D eigenvalue weighted by Crippen LogP contribution is -2.26. The van der Waals surface area contributed by atoms with Crippen LogP contribution in [0, 0.1) is 5.82 Å². The van der Waals surface area contributed by atoms with Gasteiger partial charge in [0.1, 0.15) is 17.7 Å². The number of aromatic nitrogens is 5. The van der Waals surface area contributed by atoms with Crippen LogP contribution in [0.3, 0.4) is 0 Å². The average Bonchev–Trinajstić information content (AvgIpc) is 3.19. The zero-order chi connectivity index (χ0) is 24.4. The predicted octanol–water partition coefficient (Wildman–Crippen LogP) is 3.28. The van der Waals surface area contributed by atoms with Crippen molar-refractivity contribution >= 4 is 17.0 Å². The molecule has 182 valence electrons. The molecule has 0 spiro atoms. The van der Waals surface area contributed by atoms with Gasteiger partial charge in [0.2, 0.25) is 0 Å². The number of ether oxygens (including phenoxy) is 2. The van der Waals surface area contributed by atoms with Gasteiger partial charge in [0, 0.05) is 31.1 Å². The third kappa shape index (κ3) is 5.23. The number of hydrogen-bond acceptors (Lipinski definition) is 8. The van der Waals surface area contributed by atoms with Gasteiger partial charge in [-0.2, -0.15) is 9.97 Å². The molecule has 10 heteroatoms. The minimum Gasteiger partial charge on any atom is -0.460 e. The highest BCUT2D eigenvalue weighted by Gasteiger charge is 2.22. The van der Waals surface area contributed by atoms with Crippen LogP contribution >= 0.6 is 0 Å². The lowest BCUT2D eigenvalue weighted by molar-refractivity contribution is 0.0219. The Hall–Kier alpha value is -3.63. The lowest BCUT2D eigenvalue weighted by Gasteiger charge is -2.22. The summed E-state index contributed by atoms with van der Waals surface area (Å²) in [7, 11) is 4.07. The van der Waals surface area contributed by atoms with Gasteiger partial charge in [0.25, 0.3) is 0 Å². The largest absolute Gasteiger partial charge is 0.460 e. The fraction of sp³-hybridized carbons (Fsp3) is 0.360. The van der Waals surface area contributed by atoms with Gasteiger partial charge in [0.05, 0.1) is 26.0 Å². The van der Waals surface area contributed by atoms with Crippen LogP contribution in [0.25, 0.3) is 22.6 Å². The Balaban J connectivity index is 1.57. The summed E-state index contributed by atoms with van der Waals surface area (Å²) in [4.78, 5) is 19.8. The van der Waals surface area contributed by atoms with E-state index in [1.54, 1.807) is 6.20 Å². The molecule has 1 aliphatic rings. The van der Waals surface area contributed by atoms with Gasteiger partial charge in [-0.3, -0.25) is 4.98 Å². The monoisotopic (exact) mass is 477 g/mol. The standard InChI is InChI=1S/C25H28FN7O2/c1-32(2)14-16-3-5-17(6-4-16)15-33-23(18-11-19(26)13-28-12-18)29-21-22(27)30-25(31-24(21)33)35-20-7-9-34-10-8-20/h3-6,11-13,20H,7-10,14-15H2,1-2H3,(H2,27,30,31). The number of nitrogens with zero attached hydrogens (tertiary/aromatic N) is 6. The molecule has 4 aromatic rings. The summed E-state index contributed by atoms with van der Waals surface area (Å²) in [5.74, 6) is 0.271. The zero-order valence-corrected chi connectivity index (χ0v) is 19.8. The minimum atomic E-state index is -0.447. The number of nitrogen functional groups attached to an aromatic ring is 1. The number of anilines is 1. The molecule has 1 saturated heterocycles. The Labute approximate surface area is 202 Å². The molecule has 1 aromatic carbocycles. The van der Waals surface area contributed by atoms with Gasteiger partial charge in [-0.15, -0.1) is 0 Å². The maximum absolute atomic E-state index is 14.0. The second kappa shape index (κ2) is 9.93. The van der Waals surface area contributed by atoms with Crippen LogP contribution in [0.2, 0.25) is 0 Å². The van der Waals surface area contributed by atoms with Crippen molar-refractivity contribution in [3.8, 4) is 17.4 Å². The van der Waals surface area contributed by atoms with E-state index in [9.17, 15) is 4.39 Å². The van der Waals surface area contributed by atoms with Gasteiger partial charge in [0.15, 0.2) is 17.0 Å². The molecule has 0 amide bonds. The first-order valence-electron chi connectivity index (χ1n) is 11.6. The van der Waals surface area contributed by atoms with Crippen molar-refractivity contribution in [2.24, 2.45) is 0 Å². The molecule has 3 aromatic heterocycles. The number of pyridine rings is 1. The van der Waals surface area contributed by atoms with Crippen LogP contribution in [-0.2, 0) is 17.8 Å². The SMILES string of the molecule is CN(C)Cc1ccc(Cn2c(-c3cncc(F)c3)nc3c(N)nc(OC4CCOCC4)nc32)cc1. The van der Waals surface area contributed by atoms with E-state index < -0.39 is 5.82 Å². The predicted molar refractivity (Wildman–Crippen MR) is 130 cm³/mol. The van der Waals surface area contributed by atoms with Gasteiger partial charge < -0.3 is 24.7 Å². The molecule has 0 atom stereocenters. The Morgan fingerprint density at radius 1 is 1.09 bits per heavy atom. The van der Waals surface area contributed by atoms with Crippen molar-refractivity contribution in [3.63, 3.8) is 0 Å². The van der Waals surface area contributed by atoms with Crippen molar-refractivity contribution in [3.05, 3.63) is 59.7 Å². The maximum atomic E-state index is 14.0. The highest BCUT2D eigenvalue weighted by atomic mass is 19.1. The van der Waals surface area contributed by atoms with Crippen molar-refractivity contribution in [2.45, 2.75) is 32.0 Å². The highest BCUT2D eigenvalue weighted by molar-refractivity contribution is 5.85. The maximum Gasteiger partial charge on any atom is 0.320 e. The van der Waals surface area contributed by atoms with Crippen LogP contribution in [0.1, 0.15) is 24.0 Å². The molecule has 35 heavy (non-hydrogen) atoms. The van der Waals surface area contributed by atoms with Crippen molar-refractivity contribution in [1.29, 1.82) is 0 Å². The van der Waals surface area contributed by atoms with Gasteiger partial charge >= 0.3 is 6.01 Å². The van der Waals surface area contributed by atoms with Gasteiger partial charge in [-0.05, 0) is 31.3 Å². The molecule has 9 nitrogen and oxygen atoms in total. The van der Waals surface area contributed by atoms with E-state index in [4.69, 9.17) is 15.2 Å². The molecule has 0 unspecified atom stereocenters. The van der Waals surface area contributed by atoms with Crippen LogP contribution in [0.5, 0.6) is 6.01 Å². The molecule has 0 aliphatic carbocycles. The lowest BCUT2D eigenvalue weighted by atomic mass is 10.1. The smallest absolute Gasteiger partial charge is 0.320 e. The van der Waals surface area contributed by atoms with Crippen LogP contribution in [0.4, 0.5) is 10.2 Å². The molecule has 0 bridgehead atoms. The molecule has 2 N–H and O–H groups in total. The second-order valence-electron chi connectivity index (χ2n) is 8.96. The van der Waals surface area contributed by atoms with E-state index in [2.05, 4.69) is 49.1 Å². The quantitative estimate of drug-likeness (QED) is 0.433. The number of fused-ring (bicyclic) bond motifs is 1. The number of nitrogens with two attached hydrogens (primary N) is 1. The van der Waals surface area contributed by atoms with E-state index in [1.165, 1.54) is 11.6 Å². The summed E-state index contributed by atoms with van der Waals surface area (Å²) < 4.78 is 27.4. The minimum absolute atomic E-state index is 0.0342.